The van der Waals surface area contributed by atoms with Crippen LogP contribution in [-0.4, -0.2) is 5.11 Å². The molecule has 0 saturated heterocycles. The fraction of sp³-hybridized carbons (Fsp3) is 0.167. The Morgan fingerprint density at radius 2 is 2.00 bits per heavy atom. The lowest BCUT2D eigenvalue weighted by atomic mass is 10.1. The number of rotatable bonds is 3. The van der Waals surface area contributed by atoms with Crippen LogP contribution < -0.4 is 0 Å². The molecule has 1 atom stereocenters. The van der Waals surface area contributed by atoms with Gasteiger partial charge in [-0.1, -0.05) is 23.7 Å². The summed E-state index contributed by atoms with van der Waals surface area (Å²) in [5, 5.41) is 12.3. The van der Waals surface area contributed by atoms with Crippen molar-refractivity contribution in [2.45, 2.75) is 12.5 Å². The third kappa shape index (κ3) is 2.82. The highest BCUT2D eigenvalue weighted by Crippen LogP contribution is 2.27. The number of hydrogen-bond donors (Lipinski definition) is 1. The second-order valence-corrected chi connectivity index (χ2v) is 4.89. The number of benzene rings is 1. The number of halogens is 2. The van der Waals surface area contributed by atoms with Gasteiger partial charge in [-0.05, 0) is 23.8 Å². The van der Waals surface area contributed by atoms with E-state index >= 15 is 0 Å². The fourth-order valence-corrected chi connectivity index (χ4v) is 2.52. The standard InChI is InChI=1S/C12H10ClFOS/c13-9-6-12(16-7-9)11(15)5-8-1-3-10(14)4-2-8/h1-4,6-7,11,15H,5H2. The molecule has 0 fully saturated rings. The molecule has 0 amide bonds. The van der Waals surface area contributed by atoms with Gasteiger partial charge < -0.3 is 5.11 Å². The van der Waals surface area contributed by atoms with Crippen LogP contribution in [0.3, 0.4) is 0 Å². The quantitative estimate of drug-likeness (QED) is 0.885. The second-order valence-electron chi connectivity index (χ2n) is 3.51. The minimum atomic E-state index is -0.581. The summed E-state index contributed by atoms with van der Waals surface area (Å²) in [6.45, 7) is 0. The van der Waals surface area contributed by atoms with Crippen molar-refractivity contribution in [3.63, 3.8) is 0 Å². The van der Waals surface area contributed by atoms with Gasteiger partial charge in [0.05, 0.1) is 11.1 Å². The average Bonchev–Trinajstić information content (AvgIpc) is 2.68. The Balaban J connectivity index is 2.07. The maximum atomic E-state index is 12.7. The van der Waals surface area contributed by atoms with Crippen molar-refractivity contribution in [3.05, 3.63) is 57.0 Å². The van der Waals surface area contributed by atoms with Crippen LogP contribution in [0.15, 0.2) is 35.7 Å². The molecule has 1 nitrogen and oxygen atoms in total. The van der Waals surface area contributed by atoms with Gasteiger partial charge in [-0.25, -0.2) is 4.39 Å². The van der Waals surface area contributed by atoms with E-state index in [0.717, 1.165) is 10.4 Å². The van der Waals surface area contributed by atoms with Crippen LogP contribution >= 0.6 is 22.9 Å². The molecule has 0 aliphatic carbocycles. The molecule has 84 valence electrons. The topological polar surface area (TPSA) is 20.2 Å². The van der Waals surface area contributed by atoms with Crippen LogP contribution in [0.5, 0.6) is 0 Å². The van der Waals surface area contributed by atoms with E-state index in [2.05, 4.69) is 0 Å². The van der Waals surface area contributed by atoms with Gasteiger partial charge in [-0.15, -0.1) is 11.3 Å². The van der Waals surface area contributed by atoms with Crippen LogP contribution in [0.4, 0.5) is 4.39 Å². The van der Waals surface area contributed by atoms with Crippen molar-refractivity contribution in [2.24, 2.45) is 0 Å². The summed E-state index contributed by atoms with van der Waals surface area (Å²) in [5.74, 6) is -0.266. The molecule has 0 saturated carbocycles. The first kappa shape index (κ1) is 11.6. The highest BCUT2D eigenvalue weighted by Gasteiger charge is 2.10. The predicted molar refractivity (Wildman–Crippen MR) is 64.4 cm³/mol. The summed E-state index contributed by atoms with van der Waals surface area (Å²) in [4.78, 5) is 0.828. The molecule has 1 heterocycles. The minimum Gasteiger partial charge on any atom is -0.387 e. The molecular formula is C12H10ClFOS. The zero-order chi connectivity index (χ0) is 11.5. The Morgan fingerprint density at radius 1 is 1.31 bits per heavy atom. The van der Waals surface area contributed by atoms with E-state index in [1.165, 1.54) is 23.5 Å². The molecule has 0 bridgehead atoms. The molecule has 1 N–H and O–H groups in total. The van der Waals surface area contributed by atoms with E-state index in [9.17, 15) is 9.50 Å². The Bertz CT molecular complexity index is 466. The highest BCUT2D eigenvalue weighted by molar-refractivity contribution is 7.10. The van der Waals surface area contributed by atoms with E-state index in [0.29, 0.717) is 11.4 Å². The lowest BCUT2D eigenvalue weighted by Crippen LogP contribution is -1.99. The molecule has 0 radical (unpaired) electrons. The van der Waals surface area contributed by atoms with Crippen molar-refractivity contribution in [3.8, 4) is 0 Å². The van der Waals surface area contributed by atoms with Crippen LogP contribution in [0.2, 0.25) is 5.02 Å². The van der Waals surface area contributed by atoms with Crippen LogP contribution in [0.1, 0.15) is 16.5 Å². The molecule has 4 heteroatoms. The Morgan fingerprint density at radius 3 is 2.56 bits per heavy atom. The minimum absolute atomic E-state index is 0.266. The number of thiophene rings is 1. The van der Waals surface area contributed by atoms with Gasteiger partial charge in [0, 0.05) is 16.7 Å². The summed E-state index contributed by atoms with van der Waals surface area (Å²) in [7, 11) is 0. The monoisotopic (exact) mass is 256 g/mol. The molecular weight excluding hydrogens is 247 g/mol. The van der Waals surface area contributed by atoms with Crippen molar-refractivity contribution in [1.29, 1.82) is 0 Å². The Hall–Kier alpha value is -0.900. The SMILES string of the molecule is OC(Cc1ccc(F)cc1)c1cc(Cl)cs1. The van der Waals surface area contributed by atoms with Gasteiger partial charge in [-0.2, -0.15) is 0 Å². The smallest absolute Gasteiger partial charge is 0.123 e. The number of aliphatic hydroxyl groups is 1. The van der Waals surface area contributed by atoms with E-state index in [1.807, 2.05) is 0 Å². The molecule has 16 heavy (non-hydrogen) atoms. The first-order valence-corrected chi connectivity index (χ1v) is 6.07. The summed E-state index contributed by atoms with van der Waals surface area (Å²) in [5.41, 5.74) is 0.901. The van der Waals surface area contributed by atoms with Gasteiger partial charge in [0.2, 0.25) is 0 Å². The second kappa shape index (κ2) is 4.95. The average molecular weight is 257 g/mol. The molecule has 0 spiro atoms. The maximum Gasteiger partial charge on any atom is 0.123 e. The van der Waals surface area contributed by atoms with Crippen molar-refractivity contribution in [2.75, 3.05) is 0 Å². The van der Waals surface area contributed by atoms with Gasteiger partial charge in [0.25, 0.3) is 0 Å². The molecule has 1 unspecified atom stereocenters. The predicted octanol–water partition coefficient (Wildman–Crippen LogP) is 3.82. The zero-order valence-corrected chi connectivity index (χ0v) is 9.93. The van der Waals surface area contributed by atoms with Crippen molar-refractivity contribution >= 4 is 22.9 Å². The van der Waals surface area contributed by atoms with Gasteiger partial charge in [0.1, 0.15) is 5.82 Å². The maximum absolute atomic E-state index is 12.7. The zero-order valence-electron chi connectivity index (χ0n) is 8.36. The van der Waals surface area contributed by atoms with Crippen LogP contribution in [-0.2, 0) is 6.42 Å². The molecule has 2 aromatic rings. The molecule has 0 aliphatic rings. The van der Waals surface area contributed by atoms with Gasteiger partial charge in [0.15, 0.2) is 0 Å². The van der Waals surface area contributed by atoms with E-state index in [4.69, 9.17) is 11.6 Å². The molecule has 2 rings (SSSR count). The summed E-state index contributed by atoms with van der Waals surface area (Å²) < 4.78 is 12.7. The lowest BCUT2D eigenvalue weighted by molar-refractivity contribution is 0.182. The van der Waals surface area contributed by atoms with E-state index < -0.39 is 6.10 Å². The molecule has 0 aliphatic heterocycles. The normalized spacial score (nSPS) is 12.7. The first-order valence-electron chi connectivity index (χ1n) is 4.81. The van der Waals surface area contributed by atoms with Gasteiger partial charge in [-0.3, -0.25) is 0 Å². The summed E-state index contributed by atoms with van der Waals surface area (Å²) in [6.07, 6.45) is -0.111. The largest absolute Gasteiger partial charge is 0.387 e. The molecule has 1 aromatic heterocycles. The van der Waals surface area contributed by atoms with E-state index in [1.54, 1.807) is 23.6 Å². The molecule has 1 aromatic carbocycles. The third-order valence-electron chi connectivity index (χ3n) is 2.26. The number of hydrogen-bond acceptors (Lipinski definition) is 2. The van der Waals surface area contributed by atoms with Crippen LogP contribution in [0, 0.1) is 5.82 Å². The van der Waals surface area contributed by atoms with E-state index in [-0.39, 0.29) is 5.82 Å². The Labute approximate surface area is 102 Å². The lowest BCUT2D eigenvalue weighted by Gasteiger charge is -2.08. The fourth-order valence-electron chi connectivity index (χ4n) is 1.45. The summed E-state index contributed by atoms with van der Waals surface area (Å²) in [6, 6.07) is 7.88. The van der Waals surface area contributed by atoms with Crippen molar-refractivity contribution in [1.82, 2.24) is 0 Å². The van der Waals surface area contributed by atoms with Crippen molar-refractivity contribution < 1.29 is 9.50 Å². The first-order chi connectivity index (χ1) is 7.65. The van der Waals surface area contributed by atoms with Crippen LogP contribution in [0.25, 0.3) is 0 Å². The Kier molecular flexibility index (Phi) is 3.59. The van der Waals surface area contributed by atoms with Gasteiger partial charge >= 0.3 is 0 Å². The number of aliphatic hydroxyl groups excluding tert-OH is 1. The summed E-state index contributed by atoms with van der Waals surface area (Å²) >= 11 is 7.20. The third-order valence-corrected chi connectivity index (χ3v) is 3.64. The highest BCUT2D eigenvalue weighted by atomic mass is 35.5.